The van der Waals surface area contributed by atoms with E-state index in [9.17, 15) is 10.2 Å². The van der Waals surface area contributed by atoms with Crippen LogP contribution in [0.5, 0.6) is 0 Å². The number of nitrogens with one attached hydrogen (secondary N) is 1. The number of aliphatic hydroxyl groups is 2. The van der Waals surface area contributed by atoms with Crippen molar-refractivity contribution in [1.29, 1.82) is 0 Å². The van der Waals surface area contributed by atoms with E-state index in [2.05, 4.69) is 19.2 Å². The zero-order valence-corrected chi connectivity index (χ0v) is 12.2. The Kier molecular flexibility index (Phi) is 7.06. The first-order chi connectivity index (χ1) is 9.00. The molecule has 0 bridgehead atoms. The van der Waals surface area contributed by atoms with Crippen LogP contribution in [0.25, 0.3) is 0 Å². The Morgan fingerprint density at radius 3 is 2.26 bits per heavy atom. The van der Waals surface area contributed by atoms with Crippen LogP contribution in [0, 0.1) is 5.92 Å². The van der Waals surface area contributed by atoms with Crippen molar-refractivity contribution in [3.63, 3.8) is 0 Å². The topological polar surface area (TPSA) is 52.5 Å². The predicted octanol–water partition coefficient (Wildman–Crippen LogP) is 2.50. The Bertz CT molecular complexity index is 340. The van der Waals surface area contributed by atoms with Gasteiger partial charge in [-0.2, -0.15) is 0 Å². The molecule has 3 atom stereocenters. The van der Waals surface area contributed by atoms with Gasteiger partial charge < -0.3 is 15.5 Å². The van der Waals surface area contributed by atoms with E-state index in [1.54, 1.807) is 0 Å². The van der Waals surface area contributed by atoms with Gasteiger partial charge in [-0.25, -0.2) is 0 Å². The number of hydrogen-bond acceptors (Lipinski definition) is 3. The molecule has 3 nitrogen and oxygen atoms in total. The molecule has 0 saturated heterocycles. The molecule has 0 spiro atoms. The van der Waals surface area contributed by atoms with Crippen LogP contribution in [0.2, 0.25) is 0 Å². The molecule has 0 aromatic heterocycles. The van der Waals surface area contributed by atoms with Gasteiger partial charge in [-0.3, -0.25) is 0 Å². The molecular formula is C16H27NO2. The third-order valence-electron chi connectivity index (χ3n) is 3.30. The van der Waals surface area contributed by atoms with Crippen LogP contribution in [0.15, 0.2) is 30.3 Å². The zero-order valence-electron chi connectivity index (χ0n) is 12.2. The summed E-state index contributed by atoms with van der Waals surface area (Å²) in [5.41, 5.74) is 0.922. The SMILES string of the molecule is CC(C)CC(O)CCNC(C)C(O)c1ccccc1. The molecule has 0 radical (unpaired) electrons. The van der Waals surface area contributed by atoms with Gasteiger partial charge in [-0.15, -0.1) is 0 Å². The largest absolute Gasteiger partial charge is 0.393 e. The smallest absolute Gasteiger partial charge is 0.0940 e. The van der Waals surface area contributed by atoms with E-state index in [-0.39, 0.29) is 12.1 Å². The minimum Gasteiger partial charge on any atom is -0.393 e. The molecule has 1 aromatic carbocycles. The van der Waals surface area contributed by atoms with E-state index in [0.29, 0.717) is 5.92 Å². The quantitative estimate of drug-likeness (QED) is 0.677. The summed E-state index contributed by atoms with van der Waals surface area (Å²) in [6.45, 7) is 6.91. The fraction of sp³-hybridized carbons (Fsp3) is 0.625. The predicted molar refractivity (Wildman–Crippen MR) is 78.9 cm³/mol. The van der Waals surface area contributed by atoms with Gasteiger partial charge in [-0.05, 0) is 37.8 Å². The summed E-state index contributed by atoms with van der Waals surface area (Å²) in [7, 11) is 0. The molecule has 19 heavy (non-hydrogen) atoms. The van der Waals surface area contributed by atoms with Crippen molar-refractivity contribution < 1.29 is 10.2 Å². The minimum atomic E-state index is -0.511. The molecule has 1 rings (SSSR count). The Labute approximate surface area is 116 Å². The van der Waals surface area contributed by atoms with Crippen LogP contribution < -0.4 is 5.32 Å². The molecule has 1 aromatic rings. The average Bonchev–Trinajstić information content (AvgIpc) is 2.37. The highest BCUT2D eigenvalue weighted by molar-refractivity contribution is 5.18. The van der Waals surface area contributed by atoms with Gasteiger partial charge >= 0.3 is 0 Å². The third-order valence-corrected chi connectivity index (χ3v) is 3.30. The van der Waals surface area contributed by atoms with Gasteiger partial charge in [0.25, 0.3) is 0 Å². The first-order valence-corrected chi connectivity index (χ1v) is 7.15. The van der Waals surface area contributed by atoms with E-state index in [4.69, 9.17) is 0 Å². The molecule has 3 N–H and O–H groups in total. The van der Waals surface area contributed by atoms with Crippen molar-refractivity contribution >= 4 is 0 Å². The Balaban J connectivity index is 2.29. The maximum atomic E-state index is 10.2. The molecule has 3 unspecified atom stereocenters. The van der Waals surface area contributed by atoms with E-state index in [1.807, 2.05) is 37.3 Å². The molecule has 0 heterocycles. The van der Waals surface area contributed by atoms with Gasteiger partial charge in [0, 0.05) is 6.04 Å². The van der Waals surface area contributed by atoms with Crippen LogP contribution in [0.1, 0.15) is 45.3 Å². The van der Waals surface area contributed by atoms with Crippen molar-refractivity contribution in [1.82, 2.24) is 5.32 Å². The summed E-state index contributed by atoms with van der Waals surface area (Å²) in [6, 6.07) is 9.63. The van der Waals surface area contributed by atoms with E-state index in [1.165, 1.54) is 0 Å². The van der Waals surface area contributed by atoms with Crippen molar-refractivity contribution in [2.75, 3.05) is 6.54 Å². The molecule has 108 valence electrons. The highest BCUT2D eigenvalue weighted by Crippen LogP contribution is 2.16. The van der Waals surface area contributed by atoms with Crippen molar-refractivity contribution in [3.8, 4) is 0 Å². The Morgan fingerprint density at radius 1 is 1.05 bits per heavy atom. The molecule has 0 amide bonds. The maximum Gasteiger partial charge on any atom is 0.0940 e. The zero-order chi connectivity index (χ0) is 14.3. The molecule has 0 aliphatic heterocycles. The number of benzene rings is 1. The van der Waals surface area contributed by atoms with Gasteiger partial charge in [0.05, 0.1) is 12.2 Å². The van der Waals surface area contributed by atoms with Crippen LogP contribution in [0.4, 0.5) is 0 Å². The summed E-state index contributed by atoms with van der Waals surface area (Å²) in [5.74, 6) is 0.516. The van der Waals surface area contributed by atoms with Gasteiger partial charge in [-0.1, -0.05) is 44.2 Å². The fourth-order valence-corrected chi connectivity index (χ4v) is 2.19. The lowest BCUT2D eigenvalue weighted by Gasteiger charge is -2.21. The molecule has 0 aliphatic carbocycles. The van der Waals surface area contributed by atoms with Crippen molar-refractivity contribution in [2.24, 2.45) is 5.92 Å². The normalized spacial score (nSPS) is 16.3. The van der Waals surface area contributed by atoms with Crippen molar-refractivity contribution in [2.45, 2.75) is 51.9 Å². The Hall–Kier alpha value is -0.900. The van der Waals surface area contributed by atoms with Crippen LogP contribution in [-0.4, -0.2) is 28.9 Å². The second kappa shape index (κ2) is 8.31. The number of rotatable bonds is 8. The standard InChI is InChI=1S/C16H27NO2/c1-12(2)11-15(18)9-10-17-13(3)16(19)14-7-5-4-6-8-14/h4-8,12-13,15-19H,9-11H2,1-3H3. The summed E-state index contributed by atoms with van der Waals surface area (Å²) >= 11 is 0. The summed E-state index contributed by atoms with van der Waals surface area (Å²) in [6.07, 6.45) is 0.790. The van der Waals surface area contributed by atoms with Crippen LogP contribution in [-0.2, 0) is 0 Å². The monoisotopic (exact) mass is 265 g/mol. The van der Waals surface area contributed by atoms with Crippen molar-refractivity contribution in [3.05, 3.63) is 35.9 Å². The third kappa shape index (κ3) is 6.19. The molecule has 3 heteroatoms. The number of aliphatic hydroxyl groups excluding tert-OH is 2. The van der Waals surface area contributed by atoms with Crippen LogP contribution in [0.3, 0.4) is 0 Å². The van der Waals surface area contributed by atoms with E-state index >= 15 is 0 Å². The van der Waals surface area contributed by atoms with Gasteiger partial charge in [0.2, 0.25) is 0 Å². The minimum absolute atomic E-state index is 0.0198. The average molecular weight is 265 g/mol. The summed E-state index contributed by atoms with van der Waals surface area (Å²) < 4.78 is 0. The maximum absolute atomic E-state index is 10.2. The first-order valence-electron chi connectivity index (χ1n) is 7.15. The van der Waals surface area contributed by atoms with Gasteiger partial charge in [0.1, 0.15) is 0 Å². The lowest BCUT2D eigenvalue weighted by molar-refractivity contribution is 0.119. The second-order valence-electron chi connectivity index (χ2n) is 5.67. The molecule has 0 saturated carbocycles. The second-order valence-corrected chi connectivity index (χ2v) is 5.67. The first kappa shape index (κ1) is 16.2. The molecule has 0 aliphatic rings. The molecular weight excluding hydrogens is 238 g/mol. The highest BCUT2D eigenvalue weighted by Gasteiger charge is 2.15. The lowest BCUT2D eigenvalue weighted by Crippen LogP contribution is -2.34. The van der Waals surface area contributed by atoms with E-state index in [0.717, 1.165) is 24.9 Å². The van der Waals surface area contributed by atoms with Gasteiger partial charge in [0.15, 0.2) is 0 Å². The number of hydrogen-bond donors (Lipinski definition) is 3. The lowest BCUT2D eigenvalue weighted by atomic mass is 10.0. The highest BCUT2D eigenvalue weighted by atomic mass is 16.3. The Morgan fingerprint density at radius 2 is 1.68 bits per heavy atom. The summed E-state index contributed by atoms with van der Waals surface area (Å²) in [5, 5.41) is 23.2. The van der Waals surface area contributed by atoms with Crippen LogP contribution >= 0.6 is 0 Å². The summed E-state index contributed by atoms with van der Waals surface area (Å²) in [4.78, 5) is 0. The van der Waals surface area contributed by atoms with E-state index < -0.39 is 6.10 Å². The molecule has 0 fully saturated rings. The fourth-order valence-electron chi connectivity index (χ4n) is 2.19.